The molecule has 1 heterocycles. The average Bonchev–Trinajstić information content (AvgIpc) is 2.67. The molecule has 1 aliphatic rings. The van der Waals surface area contributed by atoms with Crippen LogP contribution in [0.3, 0.4) is 0 Å². The predicted octanol–water partition coefficient (Wildman–Crippen LogP) is 2.48. The summed E-state index contributed by atoms with van der Waals surface area (Å²) in [6.45, 7) is 3.82. The molecule has 140 valence electrons. The van der Waals surface area contributed by atoms with Gasteiger partial charge >= 0.3 is 0 Å². The highest BCUT2D eigenvalue weighted by molar-refractivity contribution is 5.98. The fourth-order valence-electron chi connectivity index (χ4n) is 3.06. The molecular weight excluding hydrogens is 344 g/mol. The first-order chi connectivity index (χ1) is 13.1. The summed E-state index contributed by atoms with van der Waals surface area (Å²) in [6, 6.07) is 12.8. The highest BCUT2D eigenvalue weighted by Crippen LogP contribution is 2.34. The molecule has 0 radical (unpaired) electrons. The van der Waals surface area contributed by atoms with E-state index in [1.807, 2.05) is 24.3 Å². The monoisotopic (exact) mass is 366 g/mol. The van der Waals surface area contributed by atoms with E-state index in [1.165, 1.54) is 6.08 Å². The molecule has 0 saturated heterocycles. The van der Waals surface area contributed by atoms with E-state index >= 15 is 0 Å². The molecule has 6 nitrogen and oxygen atoms in total. The number of hydrogen-bond acceptors (Lipinski definition) is 4. The number of methoxy groups -OCH3 is 1. The van der Waals surface area contributed by atoms with Gasteiger partial charge in [0.2, 0.25) is 11.8 Å². The van der Waals surface area contributed by atoms with Gasteiger partial charge in [-0.05, 0) is 36.3 Å². The van der Waals surface area contributed by atoms with E-state index in [4.69, 9.17) is 9.47 Å². The van der Waals surface area contributed by atoms with Gasteiger partial charge in [0.05, 0.1) is 19.6 Å². The molecule has 1 unspecified atom stereocenters. The van der Waals surface area contributed by atoms with Gasteiger partial charge in [-0.2, -0.15) is 0 Å². The smallest absolute Gasteiger partial charge is 0.247 e. The van der Waals surface area contributed by atoms with Crippen molar-refractivity contribution in [2.24, 2.45) is 0 Å². The molecule has 2 N–H and O–H groups in total. The number of ether oxygens (including phenoxy) is 2. The van der Waals surface area contributed by atoms with Crippen molar-refractivity contribution in [1.82, 2.24) is 5.32 Å². The second-order valence-corrected chi connectivity index (χ2v) is 6.30. The van der Waals surface area contributed by atoms with Gasteiger partial charge in [-0.25, -0.2) is 0 Å². The Morgan fingerprint density at radius 2 is 2.11 bits per heavy atom. The first-order valence-electron chi connectivity index (χ1n) is 8.69. The fraction of sp³-hybridized carbons (Fsp3) is 0.238. The van der Waals surface area contributed by atoms with Gasteiger partial charge in [0.15, 0.2) is 11.5 Å². The molecule has 0 saturated carbocycles. The Balaban J connectivity index is 1.59. The van der Waals surface area contributed by atoms with Crippen LogP contribution in [0.2, 0.25) is 0 Å². The second kappa shape index (κ2) is 8.40. The number of para-hydroxylation sites is 1. The molecule has 0 fully saturated rings. The number of amides is 2. The number of carbonyl (C=O) groups excluding carboxylic acids is 2. The zero-order valence-corrected chi connectivity index (χ0v) is 15.2. The molecule has 0 bridgehead atoms. The third-order valence-electron chi connectivity index (χ3n) is 4.29. The van der Waals surface area contributed by atoms with E-state index in [-0.39, 0.29) is 24.3 Å². The van der Waals surface area contributed by atoms with Crippen LogP contribution in [-0.2, 0) is 22.4 Å². The zero-order valence-electron chi connectivity index (χ0n) is 15.2. The Bertz CT molecular complexity index is 863. The van der Waals surface area contributed by atoms with Gasteiger partial charge in [0, 0.05) is 11.3 Å². The minimum absolute atomic E-state index is 0.0952. The molecule has 1 aliphatic heterocycles. The number of nitrogens with one attached hydrogen (secondary N) is 2. The number of rotatable bonds is 6. The number of hydrogen-bond donors (Lipinski definition) is 2. The summed E-state index contributed by atoms with van der Waals surface area (Å²) in [5, 5.41) is 5.70. The highest BCUT2D eigenvalue weighted by Gasteiger charge is 2.23. The van der Waals surface area contributed by atoms with Crippen LogP contribution in [0.1, 0.15) is 11.1 Å². The van der Waals surface area contributed by atoms with Gasteiger partial charge in [0.1, 0.15) is 6.61 Å². The summed E-state index contributed by atoms with van der Waals surface area (Å²) in [4.78, 5) is 23.8. The Morgan fingerprint density at radius 3 is 2.89 bits per heavy atom. The highest BCUT2D eigenvalue weighted by atomic mass is 16.5. The summed E-state index contributed by atoms with van der Waals surface area (Å²) in [5.74, 6) is 1.07. The molecule has 2 aromatic carbocycles. The van der Waals surface area contributed by atoms with Crippen molar-refractivity contribution in [3.8, 4) is 11.5 Å². The minimum Gasteiger partial charge on any atom is -0.493 e. The van der Waals surface area contributed by atoms with E-state index in [0.29, 0.717) is 24.5 Å². The first kappa shape index (κ1) is 18.5. The molecule has 0 spiro atoms. The number of carbonyl (C=O) groups is 2. The summed E-state index contributed by atoms with van der Waals surface area (Å²) in [5.41, 5.74) is 2.46. The molecular formula is C21H22N2O4. The van der Waals surface area contributed by atoms with E-state index in [2.05, 4.69) is 17.2 Å². The van der Waals surface area contributed by atoms with E-state index in [9.17, 15) is 9.59 Å². The van der Waals surface area contributed by atoms with Crippen LogP contribution in [0.5, 0.6) is 11.5 Å². The van der Waals surface area contributed by atoms with Crippen molar-refractivity contribution in [1.29, 1.82) is 0 Å². The van der Waals surface area contributed by atoms with Crippen molar-refractivity contribution in [3.63, 3.8) is 0 Å². The SMILES string of the molecule is C=CC(=O)Nc1cccc(CC(=O)NC2COc3c(cccc3OC)C2)c1. The van der Waals surface area contributed by atoms with Crippen molar-refractivity contribution in [2.45, 2.75) is 18.9 Å². The minimum atomic E-state index is -0.287. The largest absolute Gasteiger partial charge is 0.493 e. The Hall–Kier alpha value is -3.28. The number of fused-ring (bicyclic) bond motifs is 1. The third-order valence-corrected chi connectivity index (χ3v) is 4.29. The molecule has 3 rings (SSSR count). The third kappa shape index (κ3) is 4.67. The van der Waals surface area contributed by atoms with Crippen LogP contribution in [0, 0.1) is 0 Å². The van der Waals surface area contributed by atoms with Crippen molar-refractivity contribution < 1.29 is 19.1 Å². The van der Waals surface area contributed by atoms with Crippen LogP contribution >= 0.6 is 0 Å². The van der Waals surface area contributed by atoms with E-state index < -0.39 is 0 Å². The first-order valence-corrected chi connectivity index (χ1v) is 8.69. The van der Waals surface area contributed by atoms with Crippen LogP contribution in [0.15, 0.2) is 55.1 Å². The average molecular weight is 366 g/mol. The van der Waals surface area contributed by atoms with Gasteiger partial charge in [-0.3, -0.25) is 9.59 Å². The normalized spacial score (nSPS) is 15.1. The van der Waals surface area contributed by atoms with Gasteiger partial charge in [-0.1, -0.05) is 30.8 Å². The molecule has 0 aliphatic carbocycles. The van der Waals surface area contributed by atoms with E-state index in [0.717, 1.165) is 16.9 Å². The lowest BCUT2D eigenvalue weighted by molar-refractivity contribution is -0.121. The summed E-state index contributed by atoms with van der Waals surface area (Å²) in [6.07, 6.45) is 2.11. The Morgan fingerprint density at radius 1 is 1.30 bits per heavy atom. The molecule has 6 heteroatoms. The lowest BCUT2D eigenvalue weighted by Crippen LogP contribution is -2.43. The molecule has 1 atom stereocenters. The van der Waals surface area contributed by atoms with Gasteiger partial charge in [0.25, 0.3) is 0 Å². The zero-order chi connectivity index (χ0) is 19.2. The maximum absolute atomic E-state index is 12.4. The Kier molecular flexibility index (Phi) is 5.76. The summed E-state index contributed by atoms with van der Waals surface area (Å²) in [7, 11) is 1.61. The van der Waals surface area contributed by atoms with Crippen LogP contribution < -0.4 is 20.1 Å². The second-order valence-electron chi connectivity index (χ2n) is 6.30. The molecule has 2 amide bonds. The Labute approximate surface area is 158 Å². The molecule has 27 heavy (non-hydrogen) atoms. The van der Waals surface area contributed by atoms with Crippen molar-refractivity contribution in [3.05, 3.63) is 66.2 Å². The maximum atomic E-state index is 12.4. The standard InChI is InChI=1S/C21H22N2O4/c1-3-19(24)22-16-8-4-6-14(10-16)11-20(25)23-17-12-15-7-5-9-18(26-2)21(15)27-13-17/h3-10,17H,1,11-13H2,2H3,(H,22,24)(H,23,25). The summed E-state index contributed by atoms with van der Waals surface area (Å²) >= 11 is 0. The maximum Gasteiger partial charge on any atom is 0.247 e. The van der Waals surface area contributed by atoms with Crippen molar-refractivity contribution >= 4 is 17.5 Å². The molecule has 2 aromatic rings. The van der Waals surface area contributed by atoms with Crippen LogP contribution in [-0.4, -0.2) is 31.6 Å². The fourth-order valence-corrected chi connectivity index (χ4v) is 3.06. The van der Waals surface area contributed by atoms with Crippen LogP contribution in [0.25, 0.3) is 0 Å². The van der Waals surface area contributed by atoms with E-state index in [1.54, 1.807) is 25.3 Å². The number of anilines is 1. The van der Waals surface area contributed by atoms with Gasteiger partial charge in [-0.15, -0.1) is 0 Å². The van der Waals surface area contributed by atoms with Gasteiger partial charge < -0.3 is 20.1 Å². The quantitative estimate of drug-likeness (QED) is 0.770. The summed E-state index contributed by atoms with van der Waals surface area (Å²) < 4.78 is 11.1. The van der Waals surface area contributed by atoms with Crippen molar-refractivity contribution in [2.75, 3.05) is 19.0 Å². The number of benzene rings is 2. The topological polar surface area (TPSA) is 76.7 Å². The van der Waals surface area contributed by atoms with Crippen LogP contribution in [0.4, 0.5) is 5.69 Å². The lowest BCUT2D eigenvalue weighted by atomic mass is 10.0. The lowest BCUT2D eigenvalue weighted by Gasteiger charge is -2.27. The predicted molar refractivity (Wildman–Crippen MR) is 103 cm³/mol. The molecule has 0 aromatic heterocycles.